The topological polar surface area (TPSA) is 24.1 Å². The molecule has 0 atom stereocenters. The molecule has 0 aliphatic carbocycles. The van der Waals surface area contributed by atoms with E-state index in [1.807, 2.05) is 24.3 Å². The Morgan fingerprint density at radius 1 is 1.08 bits per heavy atom. The van der Waals surface area contributed by atoms with Crippen molar-refractivity contribution in [2.24, 2.45) is 0 Å². The highest BCUT2D eigenvalue weighted by molar-refractivity contribution is 7.98. The molecule has 0 heterocycles. The highest BCUT2D eigenvalue weighted by Crippen LogP contribution is 2.29. The quantitative estimate of drug-likeness (QED) is 0.427. The number of hydrogen-bond donors (Lipinski definition) is 2. The molecule has 2 nitrogen and oxygen atoms in total. The molecule has 2 N–H and O–H groups in total. The number of thioether (sulfide) groups is 1. The van der Waals surface area contributed by atoms with Gasteiger partial charge < -0.3 is 10.6 Å². The van der Waals surface area contributed by atoms with Gasteiger partial charge in [0, 0.05) is 23.0 Å². The molecule has 0 saturated carbocycles. The minimum Gasteiger partial charge on any atom is -0.362 e. The van der Waals surface area contributed by atoms with Crippen LogP contribution < -0.4 is 10.6 Å². The van der Waals surface area contributed by atoms with E-state index in [1.165, 1.54) is 12.1 Å². The van der Waals surface area contributed by atoms with Gasteiger partial charge >= 0.3 is 6.18 Å². The van der Waals surface area contributed by atoms with E-state index in [0.717, 1.165) is 40.6 Å². The standard InChI is InChI=1S/C18H18ClF3N2S2/c19-16-5-2-1-4-13(16)12-26-11-3-10-23-17(25)24-15-8-6-14(7-9-15)18(20,21)22/h1-2,4-9H,3,10-12H2,(H2,23,24,25). The monoisotopic (exact) mass is 418 g/mol. The first-order valence-corrected chi connectivity index (χ1v) is 9.83. The third kappa shape index (κ3) is 7.05. The molecule has 0 unspecified atom stereocenters. The molecule has 0 aliphatic rings. The molecular weight excluding hydrogens is 401 g/mol. The summed E-state index contributed by atoms with van der Waals surface area (Å²) >= 11 is 13.0. The lowest BCUT2D eigenvalue weighted by molar-refractivity contribution is -0.137. The summed E-state index contributed by atoms with van der Waals surface area (Å²) in [5.74, 6) is 1.80. The summed E-state index contributed by atoms with van der Waals surface area (Å²) in [6.07, 6.45) is -3.43. The predicted octanol–water partition coefficient (Wildman–Crippen LogP) is 5.97. The molecule has 2 aromatic carbocycles. The zero-order valence-electron chi connectivity index (χ0n) is 13.8. The van der Waals surface area contributed by atoms with Gasteiger partial charge in [-0.05, 0) is 60.3 Å². The van der Waals surface area contributed by atoms with E-state index in [4.69, 9.17) is 23.8 Å². The lowest BCUT2D eigenvalue weighted by Gasteiger charge is -2.12. The Morgan fingerprint density at radius 2 is 1.77 bits per heavy atom. The summed E-state index contributed by atoms with van der Waals surface area (Å²) in [5, 5.41) is 7.09. The highest BCUT2D eigenvalue weighted by atomic mass is 35.5. The van der Waals surface area contributed by atoms with Crippen LogP contribution >= 0.6 is 35.6 Å². The Bertz CT molecular complexity index is 721. The molecule has 0 amide bonds. The van der Waals surface area contributed by atoms with Crippen LogP contribution in [0.5, 0.6) is 0 Å². The van der Waals surface area contributed by atoms with E-state index in [1.54, 1.807) is 11.8 Å². The average Bonchev–Trinajstić information content (AvgIpc) is 2.59. The summed E-state index contributed by atoms with van der Waals surface area (Å²) in [7, 11) is 0. The maximum absolute atomic E-state index is 12.5. The smallest absolute Gasteiger partial charge is 0.362 e. The third-order valence-electron chi connectivity index (χ3n) is 3.44. The van der Waals surface area contributed by atoms with Gasteiger partial charge in [-0.15, -0.1) is 0 Å². The van der Waals surface area contributed by atoms with Crippen molar-refractivity contribution in [1.29, 1.82) is 0 Å². The highest BCUT2D eigenvalue weighted by Gasteiger charge is 2.29. The van der Waals surface area contributed by atoms with Gasteiger partial charge in [-0.25, -0.2) is 0 Å². The molecule has 0 saturated heterocycles. The van der Waals surface area contributed by atoms with Crippen molar-refractivity contribution in [2.45, 2.75) is 18.3 Å². The zero-order chi connectivity index (χ0) is 19.0. The summed E-state index contributed by atoms with van der Waals surface area (Å²) in [5.41, 5.74) is 0.952. The molecule has 0 aromatic heterocycles. The number of anilines is 1. The fourth-order valence-corrected chi connectivity index (χ4v) is 3.56. The van der Waals surface area contributed by atoms with E-state index in [0.29, 0.717) is 17.3 Å². The van der Waals surface area contributed by atoms with Gasteiger partial charge in [0.05, 0.1) is 5.56 Å². The Morgan fingerprint density at radius 3 is 2.42 bits per heavy atom. The van der Waals surface area contributed by atoms with E-state index >= 15 is 0 Å². The van der Waals surface area contributed by atoms with Crippen molar-refractivity contribution in [2.75, 3.05) is 17.6 Å². The van der Waals surface area contributed by atoms with Gasteiger partial charge in [-0.3, -0.25) is 0 Å². The molecule has 2 rings (SSSR count). The summed E-state index contributed by atoms with van der Waals surface area (Å²) in [6, 6.07) is 12.5. The number of benzene rings is 2. The van der Waals surface area contributed by atoms with Crippen LogP contribution in [0.25, 0.3) is 0 Å². The first kappa shape index (κ1) is 20.9. The summed E-state index contributed by atoms with van der Waals surface area (Å²) < 4.78 is 37.5. The molecule has 2 aromatic rings. The summed E-state index contributed by atoms with van der Waals surface area (Å²) in [4.78, 5) is 0. The Hall–Kier alpha value is -1.44. The van der Waals surface area contributed by atoms with Crippen molar-refractivity contribution < 1.29 is 13.2 Å². The van der Waals surface area contributed by atoms with Crippen molar-refractivity contribution in [3.05, 3.63) is 64.7 Å². The molecular formula is C18H18ClF3N2S2. The van der Waals surface area contributed by atoms with Crippen LogP contribution in [-0.2, 0) is 11.9 Å². The number of nitrogens with one attached hydrogen (secondary N) is 2. The second-order valence-electron chi connectivity index (χ2n) is 5.45. The largest absolute Gasteiger partial charge is 0.416 e. The Balaban J connectivity index is 1.62. The molecule has 0 spiro atoms. The second-order valence-corrected chi connectivity index (χ2v) is 7.37. The van der Waals surface area contributed by atoms with Crippen LogP contribution in [0.2, 0.25) is 5.02 Å². The van der Waals surface area contributed by atoms with E-state index in [9.17, 15) is 13.2 Å². The molecule has 0 fully saturated rings. The van der Waals surface area contributed by atoms with Crippen LogP contribution in [-0.4, -0.2) is 17.4 Å². The van der Waals surface area contributed by atoms with Crippen molar-refractivity contribution in [3.8, 4) is 0 Å². The number of hydrogen-bond acceptors (Lipinski definition) is 2. The molecule has 8 heteroatoms. The minimum absolute atomic E-state index is 0.390. The van der Waals surface area contributed by atoms with Crippen LogP contribution in [0.3, 0.4) is 0 Å². The van der Waals surface area contributed by atoms with E-state index in [-0.39, 0.29) is 0 Å². The Labute approximate surface area is 165 Å². The fraction of sp³-hybridized carbons (Fsp3) is 0.278. The SMILES string of the molecule is FC(F)(F)c1ccc(NC(=S)NCCCSCc2ccccc2Cl)cc1. The first-order valence-electron chi connectivity index (χ1n) is 7.89. The lowest BCUT2D eigenvalue weighted by atomic mass is 10.2. The van der Waals surface area contributed by atoms with Gasteiger partial charge in [0.2, 0.25) is 0 Å². The maximum Gasteiger partial charge on any atom is 0.416 e. The lowest BCUT2D eigenvalue weighted by Crippen LogP contribution is -2.29. The molecule has 26 heavy (non-hydrogen) atoms. The fourth-order valence-electron chi connectivity index (χ4n) is 2.09. The Kier molecular flexibility index (Phi) is 8.06. The normalized spacial score (nSPS) is 11.2. The molecule has 0 radical (unpaired) electrons. The minimum atomic E-state index is -4.33. The molecule has 140 valence electrons. The van der Waals surface area contributed by atoms with Gasteiger partial charge in [0.25, 0.3) is 0 Å². The van der Waals surface area contributed by atoms with Gasteiger partial charge in [0.1, 0.15) is 0 Å². The van der Waals surface area contributed by atoms with Crippen molar-refractivity contribution >= 4 is 46.4 Å². The van der Waals surface area contributed by atoms with Crippen LogP contribution in [0.1, 0.15) is 17.5 Å². The first-order chi connectivity index (χ1) is 12.4. The maximum atomic E-state index is 12.5. The van der Waals surface area contributed by atoms with E-state index < -0.39 is 11.7 Å². The van der Waals surface area contributed by atoms with Gasteiger partial charge in [-0.1, -0.05) is 29.8 Å². The van der Waals surface area contributed by atoms with Crippen LogP contribution in [0.15, 0.2) is 48.5 Å². The summed E-state index contributed by atoms with van der Waals surface area (Å²) in [6.45, 7) is 0.683. The second kappa shape index (κ2) is 10.0. The van der Waals surface area contributed by atoms with Gasteiger partial charge in [-0.2, -0.15) is 24.9 Å². The average molecular weight is 419 g/mol. The number of halogens is 4. The number of rotatable bonds is 7. The van der Waals surface area contributed by atoms with Crippen LogP contribution in [0, 0.1) is 0 Å². The third-order valence-corrected chi connectivity index (χ3v) is 5.14. The number of alkyl halides is 3. The van der Waals surface area contributed by atoms with Crippen molar-refractivity contribution in [3.63, 3.8) is 0 Å². The van der Waals surface area contributed by atoms with E-state index in [2.05, 4.69) is 10.6 Å². The van der Waals surface area contributed by atoms with Gasteiger partial charge in [0.15, 0.2) is 5.11 Å². The molecule has 0 aliphatic heterocycles. The predicted molar refractivity (Wildman–Crippen MR) is 108 cm³/mol. The molecule has 0 bridgehead atoms. The number of thiocarbonyl (C=S) groups is 1. The van der Waals surface area contributed by atoms with Crippen LogP contribution in [0.4, 0.5) is 18.9 Å². The zero-order valence-corrected chi connectivity index (χ0v) is 16.2. The van der Waals surface area contributed by atoms with Crippen molar-refractivity contribution in [1.82, 2.24) is 5.32 Å².